The summed E-state index contributed by atoms with van der Waals surface area (Å²) in [6.45, 7) is 0.00337. The van der Waals surface area contributed by atoms with Crippen molar-refractivity contribution in [2.24, 2.45) is 0 Å². The number of hydrogen-bond acceptors (Lipinski definition) is 6. The average molecular weight is 377 g/mol. The summed E-state index contributed by atoms with van der Waals surface area (Å²) < 4.78 is 0. The molecule has 0 aliphatic rings. The minimum atomic E-state index is -0.239. The molecule has 27 heavy (non-hydrogen) atoms. The van der Waals surface area contributed by atoms with Gasteiger partial charge in [-0.05, 0) is 22.8 Å². The summed E-state index contributed by atoms with van der Waals surface area (Å²) in [5.74, 6) is 0.706. The molecule has 6 heteroatoms. The number of rotatable bonds is 6. The van der Waals surface area contributed by atoms with Crippen molar-refractivity contribution in [2.75, 3.05) is 11.9 Å². The van der Waals surface area contributed by atoms with Crippen molar-refractivity contribution in [3.8, 4) is 10.4 Å². The summed E-state index contributed by atoms with van der Waals surface area (Å²) in [6.07, 6.45) is 1.54. The molecule has 3 N–H and O–H groups in total. The molecule has 0 radical (unpaired) electrons. The minimum Gasteiger partial charge on any atom is -0.394 e. The molecular weight excluding hydrogens is 358 g/mol. The third-order valence-electron chi connectivity index (χ3n) is 4.45. The molecule has 4 aromatic rings. The van der Waals surface area contributed by atoms with E-state index < -0.39 is 0 Å². The molecule has 1 unspecified atom stereocenters. The highest BCUT2D eigenvalue weighted by Crippen LogP contribution is 2.36. The molecule has 5 nitrogen and oxygen atoms in total. The van der Waals surface area contributed by atoms with Crippen LogP contribution in [0.1, 0.15) is 17.2 Å². The Labute approximate surface area is 161 Å². The second-order valence-electron chi connectivity index (χ2n) is 6.20. The molecule has 2 aromatic heterocycles. The topological polar surface area (TPSA) is 78.3 Å². The molecule has 0 amide bonds. The van der Waals surface area contributed by atoms with Crippen LogP contribution in [0.4, 0.5) is 5.82 Å². The van der Waals surface area contributed by atoms with Crippen LogP contribution >= 0.6 is 11.3 Å². The summed E-state index contributed by atoms with van der Waals surface area (Å²) in [7, 11) is 0. The highest BCUT2D eigenvalue weighted by molar-refractivity contribution is 7.21. The van der Waals surface area contributed by atoms with Crippen molar-refractivity contribution in [3.05, 3.63) is 78.1 Å². The first-order valence-corrected chi connectivity index (χ1v) is 9.47. The Hall–Kier alpha value is -2.80. The van der Waals surface area contributed by atoms with Gasteiger partial charge in [0.2, 0.25) is 0 Å². The SMILES string of the molecule is OCc1ccc(-c2cc3c(NC(CO)c4ccccc4)ncnc3s2)cc1. The van der Waals surface area contributed by atoms with Crippen molar-refractivity contribution < 1.29 is 10.2 Å². The lowest BCUT2D eigenvalue weighted by atomic mass is 10.1. The third-order valence-corrected chi connectivity index (χ3v) is 5.54. The van der Waals surface area contributed by atoms with E-state index in [1.807, 2.05) is 54.6 Å². The number of fused-ring (bicyclic) bond motifs is 1. The number of benzene rings is 2. The van der Waals surface area contributed by atoms with Crippen LogP contribution in [-0.2, 0) is 6.61 Å². The van der Waals surface area contributed by atoms with E-state index in [2.05, 4.69) is 21.4 Å². The van der Waals surface area contributed by atoms with Gasteiger partial charge < -0.3 is 15.5 Å². The Balaban J connectivity index is 1.68. The highest BCUT2D eigenvalue weighted by atomic mass is 32.1. The molecule has 136 valence electrons. The molecule has 2 aromatic carbocycles. The second-order valence-corrected chi connectivity index (χ2v) is 7.23. The molecule has 0 bridgehead atoms. The maximum absolute atomic E-state index is 9.82. The number of aromatic nitrogens is 2. The van der Waals surface area contributed by atoms with Gasteiger partial charge in [-0.2, -0.15) is 0 Å². The van der Waals surface area contributed by atoms with Gasteiger partial charge in [0.1, 0.15) is 17.0 Å². The maximum atomic E-state index is 9.82. The van der Waals surface area contributed by atoms with Crippen molar-refractivity contribution in [3.63, 3.8) is 0 Å². The van der Waals surface area contributed by atoms with Crippen LogP contribution in [0.2, 0.25) is 0 Å². The quantitative estimate of drug-likeness (QED) is 0.473. The number of thiophene rings is 1. The molecule has 0 fully saturated rings. The summed E-state index contributed by atoms with van der Waals surface area (Å²) in [5.41, 5.74) is 2.96. The van der Waals surface area contributed by atoms with Gasteiger partial charge >= 0.3 is 0 Å². The Morgan fingerprint density at radius 2 is 1.74 bits per heavy atom. The van der Waals surface area contributed by atoms with Crippen LogP contribution in [0, 0.1) is 0 Å². The zero-order valence-electron chi connectivity index (χ0n) is 14.5. The van der Waals surface area contributed by atoms with Gasteiger partial charge in [-0.3, -0.25) is 0 Å². The summed E-state index contributed by atoms with van der Waals surface area (Å²) in [4.78, 5) is 10.8. The van der Waals surface area contributed by atoms with Gasteiger partial charge in [0.05, 0.1) is 24.6 Å². The lowest BCUT2D eigenvalue weighted by molar-refractivity contribution is 0.276. The van der Waals surface area contributed by atoms with E-state index in [1.54, 1.807) is 17.7 Å². The van der Waals surface area contributed by atoms with E-state index in [9.17, 15) is 10.2 Å². The Morgan fingerprint density at radius 3 is 2.44 bits per heavy atom. The first kappa shape index (κ1) is 17.6. The average Bonchev–Trinajstić information content (AvgIpc) is 3.18. The molecule has 0 aliphatic carbocycles. The van der Waals surface area contributed by atoms with Crippen molar-refractivity contribution in [1.29, 1.82) is 0 Å². The first-order chi connectivity index (χ1) is 13.3. The van der Waals surface area contributed by atoms with Crippen LogP contribution in [0.3, 0.4) is 0 Å². The minimum absolute atomic E-state index is 0.0326. The molecule has 0 spiro atoms. The van der Waals surface area contributed by atoms with Gasteiger partial charge in [-0.1, -0.05) is 54.6 Å². The van der Waals surface area contributed by atoms with Crippen LogP contribution in [0.15, 0.2) is 67.0 Å². The maximum Gasteiger partial charge on any atom is 0.138 e. The summed E-state index contributed by atoms with van der Waals surface area (Å²) >= 11 is 1.59. The summed E-state index contributed by atoms with van der Waals surface area (Å²) in [6, 6.07) is 19.5. The number of aliphatic hydroxyl groups excluding tert-OH is 2. The fourth-order valence-corrected chi connectivity index (χ4v) is 3.98. The lowest BCUT2D eigenvalue weighted by Crippen LogP contribution is -2.15. The van der Waals surface area contributed by atoms with Gasteiger partial charge in [-0.15, -0.1) is 11.3 Å². The van der Waals surface area contributed by atoms with Gasteiger partial charge in [0, 0.05) is 4.88 Å². The predicted octanol–water partition coefficient (Wildman–Crippen LogP) is 4.00. The Kier molecular flexibility index (Phi) is 5.11. The molecule has 0 saturated carbocycles. The van der Waals surface area contributed by atoms with Crippen LogP contribution in [0.5, 0.6) is 0 Å². The van der Waals surface area contributed by atoms with Crippen LogP contribution in [-0.4, -0.2) is 26.8 Å². The van der Waals surface area contributed by atoms with Crippen molar-refractivity contribution >= 4 is 27.4 Å². The number of nitrogens with zero attached hydrogens (tertiary/aromatic N) is 2. The molecule has 4 rings (SSSR count). The van der Waals surface area contributed by atoms with Gasteiger partial charge in [-0.25, -0.2) is 9.97 Å². The molecule has 0 saturated heterocycles. The smallest absolute Gasteiger partial charge is 0.138 e. The first-order valence-electron chi connectivity index (χ1n) is 8.65. The van der Waals surface area contributed by atoms with E-state index in [1.165, 1.54) is 0 Å². The number of hydrogen-bond donors (Lipinski definition) is 3. The lowest BCUT2D eigenvalue weighted by Gasteiger charge is -2.17. The van der Waals surface area contributed by atoms with E-state index in [4.69, 9.17) is 0 Å². The number of nitrogens with one attached hydrogen (secondary N) is 1. The monoisotopic (exact) mass is 377 g/mol. The Morgan fingerprint density at radius 1 is 0.963 bits per heavy atom. The molecule has 1 atom stereocenters. The van der Waals surface area contributed by atoms with Crippen molar-refractivity contribution in [2.45, 2.75) is 12.6 Å². The van der Waals surface area contributed by atoms with Gasteiger partial charge in [0.25, 0.3) is 0 Å². The third kappa shape index (κ3) is 3.68. The predicted molar refractivity (Wildman–Crippen MR) is 109 cm³/mol. The second kappa shape index (κ2) is 7.84. The highest BCUT2D eigenvalue weighted by Gasteiger charge is 2.15. The van der Waals surface area contributed by atoms with Crippen molar-refractivity contribution in [1.82, 2.24) is 9.97 Å². The van der Waals surface area contributed by atoms with Gasteiger partial charge in [0.15, 0.2) is 0 Å². The zero-order valence-corrected chi connectivity index (χ0v) is 15.4. The van der Waals surface area contributed by atoms with E-state index in [0.717, 1.165) is 31.8 Å². The van der Waals surface area contributed by atoms with E-state index >= 15 is 0 Å². The normalized spacial score (nSPS) is 12.2. The molecular formula is C21H19N3O2S. The molecule has 0 aliphatic heterocycles. The standard InChI is InChI=1S/C21H19N3O2S/c25-11-14-6-8-16(9-7-14)19-10-17-20(22-13-23-21(17)27-19)24-18(12-26)15-4-2-1-3-5-15/h1-10,13,18,25-26H,11-12H2,(H,22,23,24). The Bertz CT molecular complexity index is 1030. The van der Waals surface area contributed by atoms with Crippen LogP contribution < -0.4 is 5.32 Å². The largest absolute Gasteiger partial charge is 0.394 e. The number of aliphatic hydroxyl groups is 2. The molecule has 2 heterocycles. The zero-order chi connectivity index (χ0) is 18.6. The fourth-order valence-electron chi connectivity index (χ4n) is 2.97. The van der Waals surface area contributed by atoms with Crippen LogP contribution in [0.25, 0.3) is 20.7 Å². The fraction of sp³-hybridized carbons (Fsp3) is 0.143. The number of anilines is 1. The van der Waals surface area contributed by atoms with E-state index in [-0.39, 0.29) is 19.3 Å². The van der Waals surface area contributed by atoms with E-state index in [0.29, 0.717) is 5.82 Å². The summed E-state index contributed by atoms with van der Waals surface area (Å²) in [5, 5.41) is 23.3.